The molecule has 0 radical (unpaired) electrons. The number of aliphatic hydroxyl groups is 2. The monoisotopic (exact) mass is 259 g/mol. The third-order valence-corrected chi connectivity index (χ3v) is 4.02. The summed E-state index contributed by atoms with van der Waals surface area (Å²) in [6, 6.07) is 0.903. The van der Waals surface area contributed by atoms with Crippen molar-refractivity contribution in [3.8, 4) is 0 Å². The zero-order valence-corrected chi connectivity index (χ0v) is 11.1. The minimum absolute atomic E-state index is 0.145. The first kappa shape index (κ1) is 14.2. The van der Waals surface area contributed by atoms with E-state index in [9.17, 15) is 10.2 Å². The van der Waals surface area contributed by atoms with Crippen LogP contribution in [0.5, 0.6) is 0 Å². The topological polar surface area (TPSA) is 62.2 Å². The van der Waals surface area contributed by atoms with E-state index in [0.29, 0.717) is 38.4 Å². The molecule has 0 aromatic heterocycles. The number of piperidine rings is 1. The molecule has 2 fully saturated rings. The van der Waals surface area contributed by atoms with Crippen molar-refractivity contribution >= 4 is 0 Å². The van der Waals surface area contributed by atoms with Crippen LogP contribution in [0.25, 0.3) is 0 Å². The quantitative estimate of drug-likeness (QED) is 0.630. The number of methoxy groups -OCH3 is 1. The molecule has 5 nitrogen and oxygen atoms in total. The van der Waals surface area contributed by atoms with Crippen molar-refractivity contribution < 1.29 is 19.7 Å². The van der Waals surface area contributed by atoms with Crippen LogP contribution in [0, 0.1) is 0 Å². The highest BCUT2D eigenvalue weighted by Gasteiger charge is 2.40. The van der Waals surface area contributed by atoms with Crippen LogP contribution in [0.4, 0.5) is 0 Å². The van der Waals surface area contributed by atoms with Gasteiger partial charge in [-0.2, -0.15) is 0 Å². The molecule has 2 rings (SSSR count). The number of ether oxygens (including phenoxy) is 2. The third kappa shape index (κ3) is 3.65. The largest absolute Gasteiger partial charge is 0.393 e. The lowest BCUT2D eigenvalue weighted by Crippen LogP contribution is -2.48. The number of rotatable bonds is 7. The average Bonchev–Trinajstić information content (AvgIpc) is 2.59. The average molecular weight is 259 g/mol. The highest BCUT2D eigenvalue weighted by molar-refractivity contribution is 4.95. The second-order valence-electron chi connectivity index (χ2n) is 5.43. The van der Waals surface area contributed by atoms with Crippen LogP contribution < -0.4 is 0 Å². The highest BCUT2D eigenvalue weighted by Crippen LogP contribution is 2.35. The van der Waals surface area contributed by atoms with Gasteiger partial charge in [-0.1, -0.05) is 0 Å². The fourth-order valence-corrected chi connectivity index (χ4v) is 3.20. The predicted octanol–water partition coefficient (Wildman–Crippen LogP) is -0.00200. The number of aliphatic hydroxyl groups excluding tert-OH is 2. The first-order valence-electron chi connectivity index (χ1n) is 6.89. The van der Waals surface area contributed by atoms with Crippen LogP contribution in [0.15, 0.2) is 0 Å². The van der Waals surface area contributed by atoms with Crippen molar-refractivity contribution in [3.05, 3.63) is 0 Å². The van der Waals surface area contributed by atoms with Gasteiger partial charge in [-0.25, -0.2) is 0 Å². The van der Waals surface area contributed by atoms with Crippen molar-refractivity contribution in [2.75, 3.05) is 33.5 Å². The molecule has 0 saturated carbocycles. The van der Waals surface area contributed by atoms with Gasteiger partial charge in [-0.3, -0.25) is 4.90 Å². The van der Waals surface area contributed by atoms with Crippen LogP contribution in [0.2, 0.25) is 0 Å². The number of hydrogen-bond acceptors (Lipinski definition) is 5. The Balaban J connectivity index is 1.69. The number of fused-ring (bicyclic) bond motifs is 2. The maximum absolute atomic E-state index is 9.96. The van der Waals surface area contributed by atoms with E-state index in [0.717, 1.165) is 25.7 Å². The van der Waals surface area contributed by atoms with E-state index in [1.165, 1.54) is 0 Å². The highest BCUT2D eigenvalue weighted by atomic mass is 16.5. The normalized spacial score (nSPS) is 33.8. The molecule has 3 unspecified atom stereocenters. The third-order valence-electron chi connectivity index (χ3n) is 4.02. The fourth-order valence-electron chi connectivity index (χ4n) is 3.20. The summed E-state index contributed by atoms with van der Waals surface area (Å²) in [6.07, 6.45) is 3.42. The Labute approximate surface area is 109 Å². The summed E-state index contributed by atoms with van der Waals surface area (Å²) in [5, 5.41) is 19.7. The Morgan fingerprint density at radius 3 is 2.50 bits per heavy atom. The minimum atomic E-state index is -0.444. The Kier molecular flexibility index (Phi) is 5.38. The van der Waals surface area contributed by atoms with E-state index in [4.69, 9.17) is 9.47 Å². The van der Waals surface area contributed by atoms with Crippen LogP contribution in [0.3, 0.4) is 0 Å². The molecule has 0 aromatic rings. The molecule has 2 N–H and O–H groups in total. The molecule has 2 heterocycles. The van der Waals surface area contributed by atoms with Crippen molar-refractivity contribution in [3.63, 3.8) is 0 Å². The summed E-state index contributed by atoms with van der Waals surface area (Å²) in [4.78, 5) is 2.36. The lowest BCUT2D eigenvalue weighted by Gasteiger charge is -2.38. The molecular formula is C13H25NO4. The summed E-state index contributed by atoms with van der Waals surface area (Å²) in [6.45, 7) is 2.11. The van der Waals surface area contributed by atoms with Crippen molar-refractivity contribution in [2.45, 2.75) is 50.0 Å². The van der Waals surface area contributed by atoms with Gasteiger partial charge in [-0.05, 0) is 25.7 Å². The van der Waals surface area contributed by atoms with Gasteiger partial charge >= 0.3 is 0 Å². The Bertz CT molecular complexity index is 237. The molecule has 106 valence electrons. The molecule has 3 atom stereocenters. The zero-order valence-electron chi connectivity index (χ0n) is 11.1. The SMILES string of the molecule is COCCOCC(O)CN1C2CCC1CC(O)C2. The van der Waals surface area contributed by atoms with Crippen molar-refractivity contribution in [1.82, 2.24) is 4.90 Å². The minimum Gasteiger partial charge on any atom is -0.393 e. The molecule has 0 spiro atoms. The van der Waals surface area contributed by atoms with E-state index >= 15 is 0 Å². The first-order chi connectivity index (χ1) is 8.70. The van der Waals surface area contributed by atoms with E-state index < -0.39 is 6.10 Å². The summed E-state index contributed by atoms with van der Waals surface area (Å²) >= 11 is 0. The van der Waals surface area contributed by atoms with Gasteiger partial charge in [0.15, 0.2) is 0 Å². The summed E-state index contributed by atoms with van der Waals surface area (Å²) in [5.74, 6) is 0. The van der Waals surface area contributed by atoms with Gasteiger partial charge < -0.3 is 19.7 Å². The molecule has 2 bridgehead atoms. The smallest absolute Gasteiger partial charge is 0.0900 e. The molecule has 18 heavy (non-hydrogen) atoms. The molecule has 0 aliphatic carbocycles. The van der Waals surface area contributed by atoms with E-state index in [1.807, 2.05) is 0 Å². The first-order valence-corrected chi connectivity index (χ1v) is 6.89. The standard InChI is InChI=1S/C13H25NO4/c1-17-4-5-18-9-13(16)8-14-10-2-3-11(14)7-12(15)6-10/h10-13,15-16H,2-9H2,1H3. The Morgan fingerprint density at radius 1 is 1.22 bits per heavy atom. The maximum Gasteiger partial charge on any atom is 0.0900 e. The summed E-state index contributed by atoms with van der Waals surface area (Å²) in [7, 11) is 1.64. The molecule has 0 amide bonds. The van der Waals surface area contributed by atoms with Crippen LogP contribution >= 0.6 is 0 Å². The lowest BCUT2D eigenvalue weighted by molar-refractivity contribution is -0.0275. The van der Waals surface area contributed by atoms with Crippen LogP contribution in [-0.4, -0.2) is 72.9 Å². The van der Waals surface area contributed by atoms with E-state index in [2.05, 4.69) is 4.90 Å². The lowest BCUT2D eigenvalue weighted by atomic mass is 9.99. The Hall–Kier alpha value is -0.200. The van der Waals surface area contributed by atoms with Gasteiger partial charge in [0.05, 0.1) is 32.0 Å². The Morgan fingerprint density at radius 2 is 1.89 bits per heavy atom. The molecular weight excluding hydrogens is 234 g/mol. The summed E-state index contributed by atoms with van der Waals surface area (Å²) < 4.78 is 10.2. The molecule has 2 aliphatic heterocycles. The predicted molar refractivity (Wildman–Crippen MR) is 67.5 cm³/mol. The summed E-state index contributed by atoms with van der Waals surface area (Å²) in [5.41, 5.74) is 0. The van der Waals surface area contributed by atoms with Crippen LogP contribution in [0.1, 0.15) is 25.7 Å². The second kappa shape index (κ2) is 6.82. The number of hydrogen-bond donors (Lipinski definition) is 2. The van der Waals surface area contributed by atoms with Gasteiger partial charge in [-0.15, -0.1) is 0 Å². The molecule has 5 heteroatoms. The molecule has 2 saturated heterocycles. The van der Waals surface area contributed by atoms with Crippen LogP contribution in [-0.2, 0) is 9.47 Å². The second-order valence-corrected chi connectivity index (χ2v) is 5.43. The van der Waals surface area contributed by atoms with Gasteiger partial charge in [0.1, 0.15) is 0 Å². The molecule has 2 aliphatic rings. The van der Waals surface area contributed by atoms with E-state index in [1.54, 1.807) is 7.11 Å². The van der Waals surface area contributed by atoms with Gasteiger partial charge in [0.25, 0.3) is 0 Å². The zero-order chi connectivity index (χ0) is 13.0. The van der Waals surface area contributed by atoms with Gasteiger partial charge in [0.2, 0.25) is 0 Å². The number of nitrogens with zero attached hydrogens (tertiary/aromatic N) is 1. The van der Waals surface area contributed by atoms with E-state index in [-0.39, 0.29) is 6.10 Å². The van der Waals surface area contributed by atoms with Gasteiger partial charge in [0, 0.05) is 25.7 Å². The maximum atomic E-state index is 9.96. The fraction of sp³-hybridized carbons (Fsp3) is 1.00. The molecule has 0 aromatic carbocycles. The van der Waals surface area contributed by atoms with Crippen molar-refractivity contribution in [1.29, 1.82) is 0 Å². The van der Waals surface area contributed by atoms with Crippen molar-refractivity contribution in [2.24, 2.45) is 0 Å².